The summed E-state index contributed by atoms with van der Waals surface area (Å²) in [6.45, 7) is 8.28. The Morgan fingerprint density at radius 2 is 2.33 bits per heavy atom. The molecule has 1 fully saturated rings. The number of nitrogens with one attached hydrogen (secondary N) is 1. The molecule has 1 aliphatic heterocycles. The monoisotopic (exact) mass is 270 g/mol. The number of thiazole rings is 1. The number of alkyl halides is 1. The zero-order chi connectivity index (χ0) is 13.2. The highest BCUT2D eigenvalue weighted by Crippen LogP contribution is 2.27. The number of hydrogen-bond donors (Lipinski definition) is 1. The van der Waals surface area contributed by atoms with E-state index in [1.165, 1.54) is 0 Å². The summed E-state index contributed by atoms with van der Waals surface area (Å²) in [6.07, 6.45) is 1.83. The molecule has 0 aliphatic carbocycles. The minimum absolute atomic E-state index is 0.0625. The van der Waals surface area contributed by atoms with Gasteiger partial charge >= 0.3 is 0 Å². The predicted molar refractivity (Wildman–Crippen MR) is 75.0 cm³/mol. The van der Waals surface area contributed by atoms with Gasteiger partial charge in [-0.3, -0.25) is 0 Å². The normalized spacial score (nSPS) is 23.0. The predicted octanol–water partition coefficient (Wildman–Crippen LogP) is 3.32. The molecule has 1 saturated heterocycles. The van der Waals surface area contributed by atoms with E-state index in [1.807, 2.05) is 0 Å². The Kier molecular flexibility index (Phi) is 4.38. The number of piperidine rings is 1. The first-order valence-electron chi connectivity index (χ1n) is 6.76. The third-order valence-electron chi connectivity index (χ3n) is 3.54. The standard InChI is InChI=1S/C14H23FN2S/c1-14(2,3)12-9-18-13(17-12)7-11(15)10-5-4-6-16-8-10/h9-11,16H,4-8H2,1-3H3. The minimum Gasteiger partial charge on any atom is -0.316 e. The number of rotatable bonds is 3. The molecule has 2 heterocycles. The third kappa shape index (κ3) is 3.51. The van der Waals surface area contributed by atoms with Gasteiger partial charge < -0.3 is 5.32 Å². The summed E-state index contributed by atoms with van der Waals surface area (Å²) in [6, 6.07) is 0. The highest BCUT2D eigenvalue weighted by atomic mass is 32.1. The van der Waals surface area contributed by atoms with Crippen LogP contribution in [0.15, 0.2) is 5.38 Å². The Bertz CT molecular complexity index is 377. The van der Waals surface area contributed by atoms with Crippen LogP contribution in [0.2, 0.25) is 0 Å². The maximum atomic E-state index is 14.2. The Hall–Kier alpha value is -0.480. The van der Waals surface area contributed by atoms with Crippen LogP contribution in [0, 0.1) is 5.92 Å². The molecule has 2 unspecified atom stereocenters. The molecule has 2 nitrogen and oxygen atoms in total. The van der Waals surface area contributed by atoms with Crippen molar-refractivity contribution in [3.63, 3.8) is 0 Å². The summed E-state index contributed by atoms with van der Waals surface area (Å²) >= 11 is 1.60. The average molecular weight is 270 g/mol. The van der Waals surface area contributed by atoms with Crippen LogP contribution in [0.25, 0.3) is 0 Å². The molecule has 1 N–H and O–H groups in total. The summed E-state index contributed by atoms with van der Waals surface area (Å²) in [5.41, 5.74) is 1.14. The summed E-state index contributed by atoms with van der Waals surface area (Å²) in [4.78, 5) is 4.57. The first-order chi connectivity index (χ1) is 8.47. The number of hydrogen-bond acceptors (Lipinski definition) is 3. The van der Waals surface area contributed by atoms with Gasteiger partial charge in [-0.15, -0.1) is 11.3 Å². The van der Waals surface area contributed by atoms with Crippen LogP contribution in [-0.2, 0) is 11.8 Å². The Labute approximate surface area is 113 Å². The highest BCUT2D eigenvalue weighted by Gasteiger charge is 2.25. The van der Waals surface area contributed by atoms with Crippen LogP contribution in [0.1, 0.15) is 44.3 Å². The molecule has 4 heteroatoms. The molecule has 0 bridgehead atoms. The molecular weight excluding hydrogens is 247 g/mol. The van der Waals surface area contributed by atoms with Crippen LogP contribution in [0.5, 0.6) is 0 Å². The lowest BCUT2D eigenvalue weighted by Gasteiger charge is -2.25. The molecule has 1 aromatic heterocycles. The van der Waals surface area contributed by atoms with E-state index in [0.717, 1.165) is 36.6 Å². The number of nitrogens with zero attached hydrogens (tertiary/aromatic N) is 1. The van der Waals surface area contributed by atoms with Gasteiger partial charge in [0.15, 0.2) is 0 Å². The van der Waals surface area contributed by atoms with Gasteiger partial charge in [0.1, 0.15) is 6.17 Å². The van der Waals surface area contributed by atoms with Gasteiger partial charge in [-0.05, 0) is 19.4 Å². The van der Waals surface area contributed by atoms with E-state index in [4.69, 9.17) is 0 Å². The van der Waals surface area contributed by atoms with Crippen molar-refractivity contribution in [2.24, 2.45) is 5.92 Å². The second-order valence-corrected chi connectivity index (χ2v) is 7.15. The third-order valence-corrected chi connectivity index (χ3v) is 4.41. The molecule has 0 saturated carbocycles. The van der Waals surface area contributed by atoms with Gasteiger partial charge in [0, 0.05) is 29.7 Å². The molecule has 0 amide bonds. The van der Waals surface area contributed by atoms with E-state index in [1.54, 1.807) is 11.3 Å². The second-order valence-electron chi connectivity index (χ2n) is 6.20. The smallest absolute Gasteiger partial charge is 0.110 e. The molecule has 0 aromatic carbocycles. The van der Waals surface area contributed by atoms with E-state index < -0.39 is 6.17 Å². The zero-order valence-corrected chi connectivity index (χ0v) is 12.3. The van der Waals surface area contributed by atoms with Crippen molar-refractivity contribution in [1.82, 2.24) is 10.3 Å². The first kappa shape index (κ1) is 13.9. The van der Waals surface area contributed by atoms with Gasteiger partial charge in [0.05, 0.1) is 10.7 Å². The second kappa shape index (κ2) is 5.66. The Morgan fingerprint density at radius 1 is 1.56 bits per heavy atom. The van der Waals surface area contributed by atoms with Crippen LogP contribution in [0.4, 0.5) is 4.39 Å². The molecule has 1 aromatic rings. The van der Waals surface area contributed by atoms with Crippen molar-refractivity contribution in [1.29, 1.82) is 0 Å². The van der Waals surface area contributed by atoms with Crippen LogP contribution >= 0.6 is 11.3 Å². The molecular formula is C14H23FN2S. The van der Waals surface area contributed by atoms with Crippen molar-refractivity contribution >= 4 is 11.3 Å². The Morgan fingerprint density at radius 3 is 2.89 bits per heavy atom. The van der Waals surface area contributed by atoms with Crippen molar-refractivity contribution in [2.45, 2.75) is 51.6 Å². The minimum atomic E-state index is -0.753. The van der Waals surface area contributed by atoms with Gasteiger partial charge in [0.2, 0.25) is 0 Å². The van der Waals surface area contributed by atoms with Crippen molar-refractivity contribution in [3.05, 3.63) is 16.1 Å². The molecule has 1 aliphatic rings. The molecule has 0 spiro atoms. The molecule has 18 heavy (non-hydrogen) atoms. The maximum absolute atomic E-state index is 14.2. The maximum Gasteiger partial charge on any atom is 0.110 e. The SMILES string of the molecule is CC(C)(C)c1csc(CC(F)C2CCCNC2)n1. The molecule has 2 atom stereocenters. The summed E-state index contributed by atoms with van der Waals surface area (Å²) in [5, 5.41) is 6.29. The Balaban J connectivity index is 1.94. The van der Waals surface area contributed by atoms with Gasteiger partial charge in [-0.25, -0.2) is 9.37 Å². The van der Waals surface area contributed by atoms with Gasteiger partial charge in [-0.2, -0.15) is 0 Å². The van der Waals surface area contributed by atoms with Gasteiger partial charge in [0.25, 0.3) is 0 Å². The lowest BCUT2D eigenvalue weighted by Crippen LogP contribution is -2.35. The lowest BCUT2D eigenvalue weighted by molar-refractivity contribution is 0.191. The highest BCUT2D eigenvalue weighted by molar-refractivity contribution is 7.09. The number of aromatic nitrogens is 1. The fraction of sp³-hybridized carbons (Fsp3) is 0.786. The van der Waals surface area contributed by atoms with Crippen LogP contribution in [0.3, 0.4) is 0 Å². The van der Waals surface area contributed by atoms with E-state index in [-0.39, 0.29) is 11.3 Å². The molecule has 102 valence electrons. The van der Waals surface area contributed by atoms with Gasteiger partial charge in [-0.1, -0.05) is 20.8 Å². The first-order valence-corrected chi connectivity index (χ1v) is 7.64. The largest absolute Gasteiger partial charge is 0.316 e. The number of halogens is 1. The van der Waals surface area contributed by atoms with E-state index >= 15 is 0 Å². The van der Waals surface area contributed by atoms with Crippen molar-refractivity contribution < 1.29 is 4.39 Å². The summed E-state index contributed by atoms with van der Waals surface area (Å²) in [5.74, 6) is 0.167. The fourth-order valence-electron chi connectivity index (χ4n) is 2.27. The van der Waals surface area contributed by atoms with E-state index in [2.05, 4.69) is 36.5 Å². The van der Waals surface area contributed by atoms with E-state index in [9.17, 15) is 4.39 Å². The van der Waals surface area contributed by atoms with Crippen LogP contribution in [-0.4, -0.2) is 24.2 Å². The summed E-state index contributed by atoms with van der Waals surface area (Å²) in [7, 11) is 0. The van der Waals surface area contributed by atoms with Crippen LogP contribution < -0.4 is 5.32 Å². The lowest BCUT2D eigenvalue weighted by atomic mass is 9.92. The van der Waals surface area contributed by atoms with E-state index in [0.29, 0.717) is 6.42 Å². The zero-order valence-electron chi connectivity index (χ0n) is 11.5. The van der Waals surface area contributed by atoms with Crippen molar-refractivity contribution in [3.8, 4) is 0 Å². The summed E-state index contributed by atoms with van der Waals surface area (Å²) < 4.78 is 14.2. The topological polar surface area (TPSA) is 24.9 Å². The average Bonchev–Trinajstić information content (AvgIpc) is 2.78. The molecule has 2 rings (SSSR count). The quantitative estimate of drug-likeness (QED) is 0.911. The van der Waals surface area contributed by atoms with Crippen molar-refractivity contribution in [2.75, 3.05) is 13.1 Å². The fourth-order valence-corrected chi connectivity index (χ4v) is 3.33. The molecule has 0 radical (unpaired) electrons.